The van der Waals surface area contributed by atoms with Gasteiger partial charge >= 0.3 is 0 Å². The van der Waals surface area contributed by atoms with Gasteiger partial charge in [0.25, 0.3) is 5.91 Å². The summed E-state index contributed by atoms with van der Waals surface area (Å²) >= 11 is 7.46. The first-order valence-corrected chi connectivity index (χ1v) is 8.02. The SMILES string of the molecule is NS(=O)(=O)CCCNC(=O)c1ccc(Br)cc1S. The minimum absolute atomic E-state index is 0.151. The van der Waals surface area contributed by atoms with Crippen molar-refractivity contribution in [3.8, 4) is 0 Å². The summed E-state index contributed by atoms with van der Waals surface area (Å²) in [4.78, 5) is 12.3. The Labute approximate surface area is 120 Å². The number of halogens is 1. The molecule has 3 N–H and O–H groups in total. The normalized spacial score (nSPS) is 11.3. The van der Waals surface area contributed by atoms with Crippen LogP contribution in [-0.2, 0) is 10.0 Å². The first kappa shape index (κ1) is 15.5. The van der Waals surface area contributed by atoms with E-state index in [1.54, 1.807) is 18.2 Å². The summed E-state index contributed by atoms with van der Waals surface area (Å²) in [6.07, 6.45) is 0.281. The lowest BCUT2D eigenvalue weighted by atomic mass is 10.2. The fraction of sp³-hybridized carbons (Fsp3) is 0.300. The number of primary sulfonamides is 1. The van der Waals surface area contributed by atoms with Crippen LogP contribution in [0.4, 0.5) is 0 Å². The number of carbonyl (C=O) groups is 1. The van der Waals surface area contributed by atoms with Crippen LogP contribution in [0.1, 0.15) is 16.8 Å². The number of amides is 1. The van der Waals surface area contributed by atoms with E-state index < -0.39 is 10.0 Å². The molecule has 0 aliphatic heterocycles. The Kier molecular flexibility index (Phi) is 5.64. The highest BCUT2D eigenvalue weighted by molar-refractivity contribution is 9.10. The first-order chi connectivity index (χ1) is 8.29. The average molecular weight is 353 g/mol. The lowest BCUT2D eigenvalue weighted by Gasteiger charge is -2.07. The number of hydrogen-bond acceptors (Lipinski definition) is 4. The maximum atomic E-state index is 11.7. The van der Waals surface area contributed by atoms with Crippen molar-refractivity contribution in [2.75, 3.05) is 12.3 Å². The number of nitrogens with one attached hydrogen (secondary N) is 1. The molecular weight excluding hydrogens is 340 g/mol. The number of nitrogens with two attached hydrogens (primary N) is 1. The van der Waals surface area contributed by atoms with Gasteiger partial charge in [0.1, 0.15) is 0 Å². The van der Waals surface area contributed by atoms with E-state index in [0.717, 1.165) is 4.47 Å². The lowest BCUT2D eigenvalue weighted by molar-refractivity contribution is 0.0951. The summed E-state index contributed by atoms with van der Waals surface area (Å²) in [5.41, 5.74) is 0.442. The van der Waals surface area contributed by atoms with Gasteiger partial charge in [0.15, 0.2) is 0 Å². The maximum Gasteiger partial charge on any atom is 0.252 e. The quantitative estimate of drug-likeness (QED) is 0.548. The Morgan fingerprint density at radius 1 is 1.44 bits per heavy atom. The number of rotatable bonds is 5. The van der Waals surface area contributed by atoms with Gasteiger partial charge in [-0.3, -0.25) is 4.79 Å². The topological polar surface area (TPSA) is 89.3 Å². The van der Waals surface area contributed by atoms with Crippen molar-refractivity contribution in [3.63, 3.8) is 0 Å². The fourth-order valence-corrected chi connectivity index (χ4v) is 2.67. The second kappa shape index (κ2) is 6.55. The van der Waals surface area contributed by atoms with Crippen LogP contribution in [-0.4, -0.2) is 26.6 Å². The fourth-order valence-electron chi connectivity index (χ4n) is 1.27. The first-order valence-electron chi connectivity index (χ1n) is 5.07. The molecule has 0 aromatic heterocycles. The Bertz CT molecular complexity index is 546. The molecule has 0 aliphatic carbocycles. The van der Waals surface area contributed by atoms with Crippen molar-refractivity contribution < 1.29 is 13.2 Å². The van der Waals surface area contributed by atoms with E-state index >= 15 is 0 Å². The van der Waals surface area contributed by atoms with Gasteiger partial charge in [-0.2, -0.15) is 0 Å². The van der Waals surface area contributed by atoms with Crippen LogP contribution < -0.4 is 10.5 Å². The van der Waals surface area contributed by atoms with Crippen LogP contribution in [0.3, 0.4) is 0 Å². The Morgan fingerprint density at radius 3 is 2.67 bits per heavy atom. The smallest absolute Gasteiger partial charge is 0.252 e. The highest BCUT2D eigenvalue weighted by Gasteiger charge is 2.09. The molecule has 1 amide bonds. The highest BCUT2D eigenvalue weighted by Crippen LogP contribution is 2.19. The number of benzene rings is 1. The van der Waals surface area contributed by atoms with Crippen molar-refractivity contribution in [1.82, 2.24) is 5.32 Å². The van der Waals surface area contributed by atoms with Crippen LogP contribution in [0.15, 0.2) is 27.6 Å². The summed E-state index contributed by atoms with van der Waals surface area (Å²) in [7, 11) is -3.47. The minimum Gasteiger partial charge on any atom is -0.352 e. The van der Waals surface area contributed by atoms with Gasteiger partial charge in [0, 0.05) is 15.9 Å². The second-order valence-corrected chi connectivity index (χ2v) is 6.77. The minimum atomic E-state index is -3.47. The van der Waals surface area contributed by atoms with Gasteiger partial charge in [-0.15, -0.1) is 12.6 Å². The molecule has 18 heavy (non-hydrogen) atoms. The van der Waals surface area contributed by atoms with Gasteiger partial charge in [-0.05, 0) is 24.6 Å². The third-order valence-corrected chi connectivity index (χ3v) is 3.82. The molecule has 0 fully saturated rings. The third-order valence-electron chi connectivity index (χ3n) is 2.10. The molecule has 1 rings (SSSR count). The van der Waals surface area contributed by atoms with E-state index in [0.29, 0.717) is 10.5 Å². The van der Waals surface area contributed by atoms with Crippen molar-refractivity contribution in [2.24, 2.45) is 5.14 Å². The van der Waals surface area contributed by atoms with E-state index in [4.69, 9.17) is 5.14 Å². The molecule has 0 spiro atoms. The number of thiol groups is 1. The largest absolute Gasteiger partial charge is 0.352 e. The zero-order chi connectivity index (χ0) is 13.8. The van der Waals surface area contributed by atoms with Gasteiger partial charge in [0.05, 0.1) is 11.3 Å². The molecule has 0 atom stereocenters. The number of hydrogen-bond donors (Lipinski definition) is 3. The molecule has 5 nitrogen and oxygen atoms in total. The van der Waals surface area contributed by atoms with Crippen molar-refractivity contribution in [1.29, 1.82) is 0 Å². The predicted octanol–water partition coefficient (Wildman–Crippen LogP) is 1.15. The van der Waals surface area contributed by atoms with Crippen LogP contribution in [0.5, 0.6) is 0 Å². The molecule has 0 unspecified atom stereocenters. The zero-order valence-electron chi connectivity index (χ0n) is 9.39. The van der Waals surface area contributed by atoms with E-state index in [9.17, 15) is 13.2 Å². The van der Waals surface area contributed by atoms with Crippen molar-refractivity contribution >= 4 is 44.5 Å². The maximum absolute atomic E-state index is 11.7. The molecule has 0 radical (unpaired) electrons. The molecule has 100 valence electrons. The van der Waals surface area contributed by atoms with Gasteiger partial charge in [0.2, 0.25) is 10.0 Å². The highest BCUT2D eigenvalue weighted by atomic mass is 79.9. The summed E-state index contributed by atoms with van der Waals surface area (Å²) in [5, 5.41) is 7.45. The van der Waals surface area contributed by atoms with Crippen LogP contribution in [0, 0.1) is 0 Å². The number of sulfonamides is 1. The zero-order valence-corrected chi connectivity index (χ0v) is 12.7. The molecular formula is C10H13BrN2O3S2. The van der Waals surface area contributed by atoms with Gasteiger partial charge < -0.3 is 5.32 Å². The molecule has 1 aromatic carbocycles. The Hall–Kier alpha value is -0.570. The van der Waals surface area contributed by atoms with Crippen LogP contribution in [0.2, 0.25) is 0 Å². The predicted molar refractivity (Wildman–Crippen MR) is 76.3 cm³/mol. The molecule has 1 aromatic rings. The second-order valence-electron chi connectivity index (χ2n) is 3.64. The van der Waals surface area contributed by atoms with Crippen molar-refractivity contribution in [2.45, 2.75) is 11.3 Å². The van der Waals surface area contributed by atoms with Gasteiger partial charge in [-0.1, -0.05) is 15.9 Å². The standard InChI is InChI=1S/C10H13BrN2O3S2/c11-7-2-3-8(9(17)6-7)10(14)13-4-1-5-18(12,15)16/h2-3,6,17H,1,4-5H2,(H,13,14)(H2,12,15,16). The summed E-state index contributed by atoms with van der Waals surface area (Å²) < 4.78 is 22.2. The van der Waals surface area contributed by atoms with E-state index in [1.807, 2.05) is 0 Å². The summed E-state index contributed by atoms with van der Waals surface area (Å²) in [5.74, 6) is -0.441. The number of carbonyl (C=O) groups excluding carboxylic acids is 1. The average Bonchev–Trinajstić information content (AvgIpc) is 2.22. The molecule has 0 heterocycles. The summed E-state index contributed by atoms with van der Waals surface area (Å²) in [6.45, 7) is 0.249. The van der Waals surface area contributed by atoms with E-state index in [1.165, 1.54) is 0 Å². The molecule has 0 aliphatic rings. The molecule has 0 saturated heterocycles. The van der Waals surface area contributed by atoms with Gasteiger partial charge in [-0.25, -0.2) is 13.6 Å². The summed E-state index contributed by atoms with van der Waals surface area (Å²) in [6, 6.07) is 5.09. The Morgan fingerprint density at radius 2 is 2.11 bits per heavy atom. The van der Waals surface area contributed by atoms with Crippen LogP contribution >= 0.6 is 28.6 Å². The monoisotopic (exact) mass is 352 g/mol. The van der Waals surface area contributed by atoms with Crippen molar-refractivity contribution in [3.05, 3.63) is 28.2 Å². The van der Waals surface area contributed by atoms with E-state index in [-0.39, 0.29) is 24.6 Å². The lowest BCUT2D eigenvalue weighted by Crippen LogP contribution is -2.27. The van der Waals surface area contributed by atoms with E-state index in [2.05, 4.69) is 33.9 Å². The molecule has 0 saturated carbocycles. The third kappa shape index (κ3) is 5.38. The molecule has 0 bridgehead atoms. The van der Waals surface area contributed by atoms with Crippen LogP contribution in [0.25, 0.3) is 0 Å². The molecule has 8 heteroatoms. The Balaban J connectivity index is 2.51.